The van der Waals surface area contributed by atoms with Gasteiger partial charge in [0.1, 0.15) is 6.61 Å². The SMILES string of the molecule is NC[C@@H]1CCCN(C(=O)OCC2c3ccccc3-c3ccccc32)C1. The molecule has 1 heterocycles. The third-order valence-electron chi connectivity index (χ3n) is 5.45. The number of ether oxygens (including phenoxy) is 1. The quantitative estimate of drug-likeness (QED) is 0.931. The van der Waals surface area contributed by atoms with E-state index >= 15 is 0 Å². The molecule has 25 heavy (non-hydrogen) atoms. The predicted molar refractivity (Wildman–Crippen MR) is 98.4 cm³/mol. The largest absolute Gasteiger partial charge is 0.448 e. The maximum Gasteiger partial charge on any atom is 0.409 e. The third-order valence-corrected chi connectivity index (χ3v) is 5.45. The van der Waals surface area contributed by atoms with Crippen LogP contribution in [0.5, 0.6) is 0 Å². The molecule has 1 atom stereocenters. The Morgan fingerprint density at radius 3 is 2.36 bits per heavy atom. The molecule has 130 valence electrons. The minimum Gasteiger partial charge on any atom is -0.448 e. The number of hydrogen-bond donors (Lipinski definition) is 1. The molecule has 0 spiro atoms. The van der Waals surface area contributed by atoms with Crippen molar-refractivity contribution in [3.63, 3.8) is 0 Å². The minimum atomic E-state index is -0.208. The lowest BCUT2D eigenvalue weighted by Gasteiger charge is -2.31. The highest BCUT2D eigenvalue weighted by molar-refractivity contribution is 5.79. The summed E-state index contributed by atoms with van der Waals surface area (Å²) in [6.45, 7) is 2.50. The van der Waals surface area contributed by atoms with Crippen LogP contribution in [0.3, 0.4) is 0 Å². The van der Waals surface area contributed by atoms with Crippen molar-refractivity contribution in [3.05, 3.63) is 59.7 Å². The molecule has 0 radical (unpaired) electrons. The van der Waals surface area contributed by atoms with Crippen molar-refractivity contribution in [2.75, 3.05) is 26.2 Å². The zero-order valence-electron chi connectivity index (χ0n) is 14.4. The lowest BCUT2D eigenvalue weighted by molar-refractivity contribution is 0.0832. The Balaban J connectivity index is 1.49. The number of amides is 1. The lowest BCUT2D eigenvalue weighted by Crippen LogP contribution is -2.42. The van der Waals surface area contributed by atoms with Crippen LogP contribution in [-0.4, -0.2) is 37.2 Å². The Hall–Kier alpha value is -2.33. The van der Waals surface area contributed by atoms with Gasteiger partial charge in [0.2, 0.25) is 0 Å². The zero-order valence-corrected chi connectivity index (χ0v) is 14.4. The summed E-state index contributed by atoms with van der Waals surface area (Å²) in [5.74, 6) is 0.515. The normalized spacial score (nSPS) is 19.4. The van der Waals surface area contributed by atoms with Crippen LogP contribution in [-0.2, 0) is 4.74 Å². The molecule has 4 rings (SSSR count). The van der Waals surface area contributed by atoms with Crippen LogP contribution in [0.4, 0.5) is 4.79 Å². The Labute approximate surface area is 148 Å². The fourth-order valence-electron chi connectivity index (χ4n) is 4.11. The van der Waals surface area contributed by atoms with E-state index in [9.17, 15) is 4.79 Å². The van der Waals surface area contributed by atoms with Gasteiger partial charge in [0.25, 0.3) is 0 Å². The average Bonchev–Trinajstić information content (AvgIpc) is 3.00. The van der Waals surface area contributed by atoms with Crippen LogP contribution in [0.25, 0.3) is 11.1 Å². The van der Waals surface area contributed by atoms with E-state index in [1.807, 2.05) is 4.90 Å². The molecule has 2 aliphatic rings. The van der Waals surface area contributed by atoms with Crippen LogP contribution in [0.1, 0.15) is 29.9 Å². The molecule has 1 saturated heterocycles. The smallest absolute Gasteiger partial charge is 0.409 e. The summed E-state index contributed by atoms with van der Waals surface area (Å²) < 4.78 is 5.72. The van der Waals surface area contributed by atoms with Crippen molar-refractivity contribution in [2.45, 2.75) is 18.8 Å². The van der Waals surface area contributed by atoms with Gasteiger partial charge in [0.15, 0.2) is 0 Å². The number of piperidine rings is 1. The first-order chi connectivity index (χ1) is 12.3. The van der Waals surface area contributed by atoms with Gasteiger partial charge in [-0.05, 0) is 47.6 Å². The van der Waals surface area contributed by atoms with Crippen LogP contribution >= 0.6 is 0 Å². The molecule has 0 aromatic heterocycles. The van der Waals surface area contributed by atoms with Crippen molar-refractivity contribution in [1.29, 1.82) is 0 Å². The molecule has 1 fully saturated rings. The molecule has 1 aliphatic heterocycles. The molecule has 2 aromatic carbocycles. The van der Waals surface area contributed by atoms with E-state index in [1.165, 1.54) is 22.3 Å². The van der Waals surface area contributed by atoms with Gasteiger partial charge in [-0.1, -0.05) is 48.5 Å². The second-order valence-electron chi connectivity index (χ2n) is 6.99. The standard InChI is InChI=1S/C21H24N2O2/c22-12-15-6-5-11-23(13-15)21(24)25-14-20-18-9-3-1-7-16(18)17-8-2-4-10-19(17)20/h1-4,7-10,15,20H,5-6,11-14,22H2/t15-/m0/s1. The average molecular weight is 336 g/mol. The number of rotatable bonds is 3. The summed E-state index contributed by atoms with van der Waals surface area (Å²) in [7, 11) is 0. The van der Waals surface area contributed by atoms with Crippen LogP contribution in [0.15, 0.2) is 48.5 Å². The second kappa shape index (κ2) is 6.89. The molecule has 1 aliphatic carbocycles. The van der Waals surface area contributed by atoms with E-state index < -0.39 is 0 Å². The van der Waals surface area contributed by atoms with E-state index in [0.29, 0.717) is 25.6 Å². The summed E-state index contributed by atoms with van der Waals surface area (Å²) >= 11 is 0. The number of fused-ring (bicyclic) bond motifs is 3. The molecular formula is C21H24N2O2. The zero-order chi connectivity index (χ0) is 17.2. The fourth-order valence-corrected chi connectivity index (χ4v) is 4.11. The van der Waals surface area contributed by atoms with E-state index in [-0.39, 0.29) is 12.0 Å². The Morgan fingerprint density at radius 2 is 1.72 bits per heavy atom. The Morgan fingerprint density at radius 1 is 1.08 bits per heavy atom. The van der Waals surface area contributed by atoms with E-state index in [1.54, 1.807) is 0 Å². The summed E-state index contributed by atoms with van der Waals surface area (Å²) in [5, 5.41) is 0. The van der Waals surface area contributed by atoms with E-state index in [0.717, 1.165) is 19.4 Å². The van der Waals surface area contributed by atoms with Crippen LogP contribution < -0.4 is 5.73 Å². The summed E-state index contributed by atoms with van der Waals surface area (Å²) in [5.41, 5.74) is 10.8. The molecule has 4 heteroatoms. The highest BCUT2D eigenvalue weighted by Crippen LogP contribution is 2.44. The van der Waals surface area contributed by atoms with E-state index in [2.05, 4.69) is 48.5 Å². The highest BCUT2D eigenvalue weighted by Gasteiger charge is 2.30. The highest BCUT2D eigenvalue weighted by atomic mass is 16.6. The van der Waals surface area contributed by atoms with Crippen molar-refractivity contribution in [2.24, 2.45) is 11.7 Å². The van der Waals surface area contributed by atoms with Crippen molar-refractivity contribution in [1.82, 2.24) is 4.90 Å². The van der Waals surface area contributed by atoms with Crippen LogP contribution in [0.2, 0.25) is 0 Å². The van der Waals surface area contributed by atoms with Gasteiger partial charge in [0, 0.05) is 19.0 Å². The maximum absolute atomic E-state index is 12.5. The summed E-state index contributed by atoms with van der Waals surface area (Å²) in [6, 6.07) is 16.8. The third kappa shape index (κ3) is 3.02. The summed E-state index contributed by atoms with van der Waals surface area (Å²) in [6.07, 6.45) is 1.90. The number of nitrogens with zero attached hydrogens (tertiary/aromatic N) is 1. The van der Waals surface area contributed by atoms with Gasteiger partial charge in [-0.25, -0.2) is 4.79 Å². The first-order valence-corrected chi connectivity index (χ1v) is 9.08. The molecule has 0 bridgehead atoms. The molecular weight excluding hydrogens is 312 g/mol. The van der Waals surface area contributed by atoms with Gasteiger partial charge in [0.05, 0.1) is 0 Å². The molecule has 1 amide bonds. The number of benzene rings is 2. The first kappa shape index (κ1) is 16.2. The van der Waals surface area contributed by atoms with Crippen molar-refractivity contribution >= 4 is 6.09 Å². The minimum absolute atomic E-state index is 0.117. The van der Waals surface area contributed by atoms with Gasteiger partial charge in [-0.3, -0.25) is 0 Å². The van der Waals surface area contributed by atoms with E-state index in [4.69, 9.17) is 10.5 Å². The predicted octanol–water partition coefficient (Wildman–Crippen LogP) is 3.61. The molecule has 0 unspecified atom stereocenters. The van der Waals surface area contributed by atoms with Gasteiger partial charge in [-0.2, -0.15) is 0 Å². The fraction of sp³-hybridized carbons (Fsp3) is 0.381. The van der Waals surface area contributed by atoms with Crippen LogP contribution in [0, 0.1) is 5.92 Å². The number of likely N-dealkylation sites (tertiary alicyclic amines) is 1. The molecule has 0 saturated carbocycles. The molecule has 4 nitrogen and oxygen atoms in total. The van der Waals surface area contributed by atoms with Gasteiger partial charge < -0.3 is 15.4 Å². The van der Waals surface area contributed by atoms with Gasteiger partial charge >= 0.3 is 6.09 Å². The Kier molecular flexibility index (Phi) is 4.45. The van der Waals surface area contributed by atoms with Crippen molar-refractivity contribution < 1.29 is 9.53 Å². The topological polar surface area (TPSA) is 55.6 Å². The molecule has 2 aromatic rings. The molecule has 2 N–H and O–H groups in total. The Bertz CT molecular complexity index is 728. The number of nitrogens with two attached hydrogens (primary N) is 1. The maximum atomic E-state index is 12.5. The first-order valence-electron chi connectivity index (χ1n) is 9.08. The number of hydrogen-bond acceptors (Lipinski definition) is 3. The van der Waals surface area contributed by atoms with Crippen molar-refractivity contribution in [3.8, 4) is 11.1 Å². The lowest BCUT2D eigenvalue weighted by atomic mass is 9.98. The number of carbonyl (C=O) groups excluding carboxylic acids is 1. The summed E-state index contributed by atoms with van der Waals surface area (Å²) in [4.78, 5) is 14.3. The second-order valence-corrected chi connectivity index (χ2v) is 6.99. The monoisotopic (exact) mass is 336 g/mol. The van der Waals surface area contributed by atoms with Gasteiger partial charge in [-0.15, -0.1) is 0 Å². The number of carbonyl (C=O) groups is 1.